The molecular weight excluding hydrogens is 254 g/mol. The molecule has 20 heavy (non-hydrogen) atoms. The van der Waals surface area contributed by atoms with Crippen LogP contribution in [0.15, 0.2) is 24.3 Å². The minimum Gasteiger partial charge on any atom is -0.497 e. The van der Waals surface area contributed by atoms with Crippen molar-refractivity contribution < 1.29 is 14.6 Å². The summed E-state index contributed by atoms with van der Waals surface area (Å²) in [6, 6.07) is 8.64. The zero-order valence-electron chi connectivity index (χ0n) is 12.8. The van der Waals surface area contributed by atoms with E-state index in [1.807, 2.05) is 12.1 Å². The van der Waals surface area contributed by atoms with Crippen molar-refractivity contribution >= 4 is 0 Å². The first kappa shape index (κ1) is 17.0. The molecule has 1 aromatic carbocycles. The highest BCUT2D eigenvalue weighted by atomic mass is 16.5. The first-order valence-corrected chi connectivity index (χ1v) is 7.19. The number of benzene rings is 1. The van der Waals surface area contributed by atoms with Gasteiger partial charge >= 0.3 is 0 Å². The van der Waals surface area contributed by atoms with Gasteiger partial charge < -0.3 is 19.9 Å². The highest BCUT2D eigenvalue weighted by molar-refractivity contribution is 5.27. The smallest absolute Gasteiger partial charge is 0.118 e. The van der Waals surface area contributed by atoms with E-state index in [9.17, 15) is 5.11 Å². The molecule has 0 radical (unpaired) electrons. The number of hydrogen-bond donors (Lipinski definition) is 2. The van der Waals surface area contributed by atoms with Crippen LogP contribution in [0.25, 0.3) is 0 Å². The average Bonchev–Trinajstić information content (AvgIpc) is 2.46. The summed E-state index contributed by atoms with van der Waals surface area (Å²) < 4.78 is 10.0. The molecule has 4 nitrogen and oxygen atoms in total. The number of aliphatic hydroxyl groups excluding tert-OH is 1. The molecular formula is C16H27NO3. The maximum absolute atomic E-state index is 9.54. The SMILES string of the molecule is COCC(O)CCNC(C)CCc1ccc(OC)cc1. The summed E-state index contributed by atoms with van der Waals surface area (Å²) in [5.74, 6) is 0.895. The summed E-state index contributed by atoms with van der Waals surface area (Å²) >= 11 is 0. The number of nitrogens with one attached hydrogen (secondary N) is 1. The molecule has 2 N–H and O–H groups in total. The van der Waals surface area contributed by atoms with E-state index in [1.54, 1.807) is 14.2 Å². The highest BCUT2D eigenvalue weighted by Gasteiger charge is 2.06. The van der Waals surface area contributed by atoms with Crippen molar-refractivity contribution in [1.82, 2.24) is 5.32 Å². The quantitative estimate of drug-likeness (QED) is 0.689. The third-order valence-corrected chi connectivity index (χ3v) is 3.35. The van der Waals surface area contributed by atoms with Gasteiger partial charge in [-0.3, -0.25) is 0 Å². The van der Waals surface area contributed by atoms with Crippen molar-refractivity contribution in [3.63, 3.8) is 0 Å². The van der Waals surface area contributed by atoms with E-state index < -0.39 is 0 Å². The van der Waals surface area contributed by atoms with Gasteiger partial charge in [-0.15, -0.1) is 0 Å². The second-order valence-electron chi connectivity index (χ2n) is 5.14. The van der Waals surface area contributed by atoms with E-state index in [1.165, 1.54) is 5.56 Å². The summed E-state index contributed by atoms with van der Waals surface area (Å²) in [7, 11) is 3.28. The van der Waals surface area contributed by atoms with Crippen LogP contribution in [0.4, 0.5) is 0 Å². The van der Waals surface area contributed by atoms with Crippen molar-refractivity contribution in [3.8, 4) is 5.75 Å². The summed E-state index contributed by atoms with van der Waals surface area (Å²) in [6.45, 7) is 3.39. The lowest BCUT2D eigenvalue weighted by Crippen LogP contribution is -2.30. The van der Waals surface area contributed by atoms with Crippen LogP contribution in [0.2, 0.25) is 0 Å². The molecule has 0 fully saturated rings. The van der Waals surface area contributed by atoms with Crippen LogP contribution in [0.1, 0.15) is 25.3 Å². The van der Waals surface area contributed by atoms with Crippen LogP contribution >= 0.6 is 0 Å². The van der Waals surface area contributed by atoms with Gasteiger partial charge in [-0.2, -0.15) is 0 Å². The summed E-state index contributed by atoms with van der Waals surface area (Å²) in [6.07, 6.45) is 2.47. The monoisotopic (exact) mass is 281 g/mol. The number of ether oxygens (including phenoxy) is 2. The maximum Gasteiger partial charge on any atom is 0.118 e. The number of hydrogen-bond acceptors (Lipinski definition) is 4. The largest absolute Gasteiger partial charge is 0.497 e. The predicted molar refractivity (Wildman–Crippen MR) is 81.3 cm³/mol. The molecule has 114 valence electrons. The van der Waals surface area contributed by atoms with E-state index >= 15 is 0 Å². The first-order valence-electron chi connectivity index (χ1n) is 7.19. The van der Waals surface area contributed by atoms with Crippen molar-refractivity contribution in [2.24, 2.45) is 0 Å². The van der Waals surface area contributed by atoms with Crippen molar-refractivity contribution in [3.05, 3.63) is 29.8 Å². The molecule has 0 saturated carbocycles. The lowest BCUT2D eigenvalue weighted by atomic mass is 10.1. The van der Waals surface area contributed by atoms with Gasteiger partial charge in [0.05, 0.1) is 19.8 Å². The molecule has 0 aliphatic carbocycles. The van der Waals surface area contributed by atoms with Gasteiger partial charge in [-0.1, -0.05) is 12.1 Å². The zero-order chi connectivity index (χ0) is 14.8. The molecule has 0 bridgehead atoms. The van der Waals surface area contributed by atoms with Gasteiger partial charge in [-0.25, -0.2) is 0 Å². The third-order valence-electron chi connectivity index (χ3n) is 3.35. The van der Waals surface area contributed by atoms with Crippen LogP contribution in [-0.4, -0.2) is 44.6 Å². The fraction of sp³-hybridized carbons (Fsp3) is 0.625. The van der Waals surface area contributed by atoms with Gasteiger partial charge in [0, 0.05) is 13.2 Å². The number of rotatable bonds is 10. The molecule has 2 atom stereocenters. The fourth-order valence-corrected chi connectivity index (χ4v) is 2.05. The molecule has 0 amide bonds. The topological polar surface area (TPSA) is 50.7 Å². The van der Waals surface area contributed by atoms with Crippen LogP contribution in [0.3, 0.4) is 0 Å². The highest BCUT2D eigenvalue weighted by Crippen LogP contribution is 2.13. The van der Waals surface area contributed by atoms with Crippen molar-refractivity contribution in [2.45, 2.75) is 38.3 Å². The molecule has 1 rings (SSSR count). The summed E-state index contributed by atoms with van der Waals surface area (Å²) in [4.78, 5) is 0. The Kier molecular flexibility index (Phi) is 8.26. The number of aliphatic hydroxyl groups is 1. The van der Waals surface area contributed by atoms with Crippen LogP contribution < -0.4 is 10.1 Å². The van der Waals surface area contributed by atoms with Crippen LogP contribution in [-0.2, 0) is 11.2 Å². The van der Waals surface area contributed by atoms with Crippen LogP contribution in [0, 0.1) is 0 Å². The molecule has 1 aromatic rings. The Balaban J connectivity index is 2.17. The number of methoxy groups -OCH3 is 2. The Hall–Kier alpha value is -1.10. The van der Waals surface area contributed by atoms with E-state index in [-0.39, 0.29) is 6.10 Å². The fourth-order valence-electron chi connectivity index (χ4n) is 2.05. The second-order valence-corrected chi connectivity index (χ2v) is 5.14. The summed E-state index contributed by atoms with van der Waals surface area (Å²) in [5.41, 5.74) is 1.32. The molecule has 0 aliphatic heterocycles. The van der Waals surface area contributed by atoms with E-state index in [2.05, 4.69) is 24.4 Å². The minimum absolute atomic E-state index is 0.374. The molecule has 0 heterocycles. The van der Waals surface area contributed by atoms with Crippen molar-refractivity contribution in [1.29, 1.82) is 0 Å². The molecule has 0 spiro atoms. The summed E-state index contributed by atoms with van der Waals surface area (Å²) in [5, 5.41) is 13.0. The van der Waals surface area contributed by atoms with E-state index in [0.717, 1.165) is 31.6 Å². The third kappa shape index (κ3) is 6.89. The molecule has 0 saturated heterocycles. The van der Waals surface area contributed by atoms with Crippen LogP contribution in [0.5, 0.6) is 5.75 Å². The first-order chi connectivity index (χ1) is 9.65. The van der Waals surface area contributed by atoms with Crippen molar-refractivity contribution in [2.75, 3.05) is 27.4 Å². The molecule has 2 unspecified atom stereocenters. The van der Waals surface area contributed by atoms with Gasteiger partial charge in [0.1, 0.15) is 5.75 Å². The zero-order valence-corrected chi connectivity index (χ0v) is 12.8. The van der Waals surface area contributed by atoms with E-state index in [0.29, 0.717) is 12.6 Å². The Bertz CT molecular complexity index is 353. The minimum atomic E-state index is -0.374. The lowest BCUT2D eigenvalue weighted by molar-refractivity contribution is 0.0590. The van der Waals surface area contributed by atoms with Gasteiger partial charge in [0.15, 0.2) is 0 Å². The number of aryl methyl sites for hydroxylation is 1. The molecule has 0 aromatic heterocycles. The normalized spacial score (nSPS) is 14.0. The average molecular weight is 281 g/mol. The van der Waals surface area contributed by atoms with Gasteiger partial charge in [-0.05, 0) is 50.4 Å². The Labute approximate surface area is 122 Å². The van der Waals surface area contributed by atoms with Gasteiger partial charge in [0.2, 0.25) is 0 Å². The Morgan fingerprint density at radius 1 is 1.15 bits per heavy atom. The van der Waals surface area contributed by atoms with E-state index in [4.69, 9.17) is 9.47 Å². The Morgan fingerprint density at radius 2 is 1.85 bits per heavy atom. The standard InChI is InChI=1S/C16H27NO3/c1-13(17-11-10-15(18)12-19-2)4-5-14-6-8-16(20-3)9-7-14/h6-9,13,15,17-18H,4-5,10-12H2,1-3H3. The molecule has 4 heteroatoms. The Morgan fingerprint density at radius 3 is 2.45 bits per heavy atom. The maximum atomic E-state index is 9.54. The second kappa shape index (κ2) is 9.75. The lowest BCUT2D eigenvalue weighted by Gasteiger charge is -2.15. The van der Waals surface area contributed by atoms with Gasteiger partial charge in [0.25, 0.3) is 0 Å². The predicted octanol–water partition coefficient (Wildman–Crippen LogP) is 2.00. The molecule has 0 aliphatic rings.